The first kappa shape index (κ1) is 20.3. The quantitative estimate of drug-likeness (QED) is 0.551. The molecule has 0 bridgehead atoms. The van der Waals surface area contributed by atoms with Crippen LogP contribution in [0.4, 0.5) is 0 Å². The molecule has 0 atom stereocenters. The second-order valence-corrected chi connectivity index (χ2v) is 6.98. The van der Waals surface area contributed by atoms with Gasteiger partial charge in [-0.25, -0.2) is 4.68 Å². The van der Waals surface area contributed by atoms with Gasteiger partial charge in [-0.2, -0.15) is 0 Å². The van der Waals surface area contributed by atoms with Crippen LogP contribution >= 0.6 is 11.3 Å². The van der Waals surface area contributed by atoms with Gasteiger partial charge in [0.25, 0.3) is 11.8 Å². The van der Waals surface area contributed by atoms with Gasteiger partial charge in [0.15, 0.2) is 5.69 Å². The summed E-state index contributed by atoms with van der Waals surface area (Å²) in [5.74, 6) is 0.452. The average molecular weight is 415 g/mol. The lowest BCUT2D eigenvalue weighted by Gasteiger charge is -2.10. The van der Waals surface area contributed by atoms with E-state index >= 15 is 0 Å². The van der Waals surface area contributed by atoms with Crippen molar-refractivity contribution < 1.29 is 19.1 Å². The van der Waals surface area contributed by atoms with Gasteiger partial charge >= 0.3 is 0 Å². The summed E-state index contributed by atoms with van der Waals surface area (Å²) in [4.78, 5) is 25.6. The van der Waals surface area contributed by atoms with Gasteiger partial charge in [-0.1, -0.05) is 11.3 Å². The Hall–Kier alpha value is -3.40. The van der Waals surface area contributed by atoms with Crippen molar-refractivity contribution in [3.63, 3.8) is 0 Å². The highest BCUT2D eigenvalue weighted by Gasteiger charge is 2.14. The average Bonchev–Trinajstić information content (AvgIpc) is 3.43. The van der Waals surface area contributed by atoms with Gasteiger partial charge < -0.3 is 20.1 Å². The first-order chi connectivity index (χ1) is 14.1. The monoisotopic (exact) mass is 415 g/mol. The zero-order chi connectivity index (χ0) is 20.6. The number of aromatic nitrogens is 3. The fraction of sp³-hybridized carbons (Fsp3) is 0.263. The molecule has 2 aromatic heterocycles. The largest absolute Gasteiger partial charge is 0.497 e. The Balaban J connectivity index is 1.49. The van der Waals surface area contributed by atoms with Crippen LogP contribution in [-0.4, -0.2) is 47.6 Å². The van der Waals surface area contributed by atoms with Crippen molar-refractivity contribution in [1.29, 1.82) is 0 Å². The summed E-state index contributed by atoms with van der Waals surface area (Å²) in [6.45, 7) is 1.13. The highest BCUT2D eigenvalue weighted by atomic mass is 32.1. The van der Waals surface area contributed by atoms with Crippen molar-refractivity contribution in [3.05, 3.63) is 58.0 Å². The fourth-order valence-electron chi connectivity index (χ4n) is 2.55. The van der Waals surface area contributed by atoms with Gasteiger partial charge in [0.05, 0.1) is 39.1 Å². The Morgan fingerprint density at radius 3 is 2.72 bits per heavy atom. The molecule has 0 aliphatic heterocycles. The lowest BCUT2D eigenvalue weighted by molar-refractivity contribution is 0.0938. The molecule has 0 fully saturated rings. The van der Waals surface area contributed by atoms with Gasteiger partial charge in [-0.3, -0.25) is 9.59 Å². The van der Waals surface area contributed by atoms with E-state index < -0.39 is 0 Å². The molecule has 3 rings (SSSR count). The number of rotatable bonds is 9. The highest BCUT2D eigenvalue weighted by Crippen LogP contribution is 2.24. The molecule has 29 heavy (non-hydrogen) atoms. The predicted octanol–water partition coefficient (Wildman–Crippen LogP) is 1.72. The summed E-state index contributed by atoms with van der Waals surface area (Å²) in [5, 5.41) is 15.3. The third-order valence-corrected chi connectivity index (χ3v) is 4.93. The normalized spacial score (nSPS) is 10.4. The number of ether oxygens (including phenoxy) is 2. The molecule has 1 aromatic carbocycles. The molecule has 2 amide bonds. The second kappa shape index (κ2) is 9.69. The minimum atomic E-state index is -0.295. The molecule has 10 heteroatoms. The van der Waals surface area contributed by atoms with Crippen LogP contribution in [0.1, 0.15) is 25.7 Å². The summed E-state index contributed by atoms with van der Waals surface area (Å²) in [5.41, 5.74) is 0.630. The van der Waals surface area contributed by atoms with Crippen LogP contribution in [-0.2, 0) is 13.1 Å². The number of hydrogen-bond donors (Lipinski definition) is 2. The van der Waals surface area contributed by atoms with Crippen molar-refractivity contribution >= 4 is 23.2 Å². The van der Waals surface area contributed by atoms with Gasteiger partial charge in [-0.05, 0) is 23.6 Å². The summed E-state index contributed by atoms with van der Waals surface area (Å²) in [6, 6.07) is 8.85. The number of nitrogens with zero attached hydrogens (tertiary/aromatic N) is 3. The van der Waals surface area contributed by atoms with Crippen LogP contribution in [0.3, 0.4) is 0 Å². The maximum absolute atomic E-state index is 12.4. The van der Waals surface area contributed by atoms with Crippen molar-refractivity contribution in [2.24, 2.45) is 0 Å². The fourth-order valence-corrected chi connectivity index (χ4v) is 3.19. The second-order valence-electron chi connectivity index (χ2n) is 5.95. The van der Waals surface area contributed by atoms with E-state index in [0.717, 1.165) is 4.88 Å². The number of nitrogens with one attached hydrogen (secondary N) is 2. The number of amides is 2. The van der Waals surface area contributed by atoms with Crippen molar-refractivity contribution in [3.8, 4) is 11.5 Å². The van der Waals surface area contributed by atoms with E-state index in [4.69, 9.17) is 9.47 Å². The Bertz CT molecular complexity index is 971. The molecule has 0 saturated carbocycles. The number of hydrogen-bond acceptors (Lipinski definition) is 7. The summed E-state index contributed by atoms with van der Waals surface area (Å²) >= 11 is 1.57. The summed E-state index contributed by atoms with van der Waals surface area (Å²) < 4.78 is 11.9. The number of methoxy groups -OCH3 is 2. The Morgan fingerprint density at radius 1 is 1.14 bits per heavy atom. The molecule has 152 valence electrons. The van der Waals surface area contributed by atoms with Gasteiger partial charge in [0, 0.05) is 17.5 Å². The third kappa shape index (κ3) is 5.32. The van der Waals surface area contributed by atoms with Gasteiger partial charge in [0.2, 0.25) is 0 Å². The lowest BCUT2D eigenvalue weighted by Crippen LogP contribution is -2.27. The van der Waals surface area contributed by atoms with Crippen molar-refractivity contribution in [1.82, 2.24) is 25.6 Å². The molecule has 0 aliphatic rings. The van der Waals surface area contributed by atoms with Crippen LogP contribution in [0.25, 0.3) is 0 Å². The first-order valence-electron chi connectivity index (χ1n) is 8.81. The maximum Gasteiger partial charge on any atom is 0.273 e. The minimum Gasteiger partial charge on any atom is -0.497 e. The molecule has 0 spiro atoms. The highest BCUT2D eigenvalue weighted by molar-refractivity contribution is 7.09. The molecular weight excluding hydrogens is 394 g/mol. The molecule has 0 saturated heterocycles. The topological polar surface area (TPSA) is 107 Å². The molecule has 0 aliphatic carbocycles. The van der Waals surface area contributed by atoms with Crippen LogP contribution in [0.2, 0.25) is 0 Å². The molecule has 2 N–H and O–H groups in total. The van der Waals surface area contributed by atoms with Crippen molar-refractivity contribution in [2.45, 2.75) is 13.1 Å². The van der Waals surface area contributed by atoms with Crippen molar-refractivity contribution in [2.75, 3.05) is 20.8 Å². The molecule has 3 aromatic rings. The van der Waals surface area contributed by atoms with Gasteiger partial charge in [0.1, 0.15) is 11.5 Å². The number of carbonyl (C=O) groups excluding carboxylic acids is 2. The van der Waals surface area contributed by atoms with Crippen LogP contribution < -0.4 is 20.1 Å². The third-order valence-electron chi connectivity index (χ3n) is 4.05. The maximum atomic E-state index is 12.4. The van der Waals surface area contributed by atoms with E-state index in [1.807, 2.05) is 17.5 Å². The molecule has 9 nitrogen and oxygen atoms in total. The van der Waals surface area contributed by atoms with E-state index in [9.17, 15) is 9.59 Å². The summed E-state index contributed by atoms with van der Waals surface area (Å²) in [7, 11) is 3.04. The van der Waals surface area contributed by atoms with E-state index in [1.165, 1.54) is 11.8 Å². The lowest BCUT2D eigenvalue weighted by atomic mass is 10.1. The van der Waals surface area contributed by atoms with E-state index in [1.54, 1.807) is 42.8 Å². The number of benzene rings is 1. The van der Waals surface area contributed by atoms with Crippen LogP contribution in [0.15, 0.2) is 41.9 Å². The van der Waals surface area contributed by atoms with E-state index in [2.05, 4.69) is 20.9 Å². The van der Waals surface area contributed by atoms with Crippen LogP contribution in [0.5, 0.6) is 11.5 Å². The SMILES string of the molecule is COc1ccc(C(=O)NCCn2cc(C(=O)NCc3cccs3)nn2)c(OC)c1. The Morgan fingerprint density at radius 2 is 2.00 bits per heavy atom. The molecule has 0 unspecified atom stereocenters. The molecular formula is C19H21N5O4S. The number of thiophene rings is 1. The zero-order valence-electron chi connectivity index (χ0n) is 16.0. The predicted molar refractivity (Wildman–Crippen MR) is 107 cm³/mol. The van der Waals surface area contributed by atoms with Gasteiger partial charge in [-0.15, -0.1) is 16.4 Å². The Kier molecular flexibility index (Phi) is 6.80. The molecule has 0 radical (unpaired) electrons. The van der Waals surface area contributed by atoms with E-state index in [-0.39, 0.29) is 17.5 Å². The van der Waals surface area contributed by atoms with Crippen LogP contribution in [0, 0.1) is 0 Å². The minimum absolute atomic E-state index is 0.227. The molecule has 2 heterocycles. The van der Waals surface area contributed by atoms with E-state index in [0.29, 0.717) is 36.7 Å². The standard InChI is InChI=1S/C19H21N5O4S/c1-27-13-5-6-15(17(10-13)28-2)18(25)20-7-8-24-12-16(22-23-24)19(26)21-11-14-4-3-9-29-14/h3-6,9-10,12H,7-8,11H2,1-2H3,(H,20,25)(H,21,26). The number of carbonyl (C=O) groups is 2. The zero-order valence-corrected chi connectivity index (χ0v) is 16.9. The Labute approximate surface area is 171 Å². The smallest absolute Gasteiger partial charge is 0.273 e. The summed E-state index contributed by atoms with van der Waals surface area (Å²) in [6.07, 6.45) is 1.55. The first-order valence-corrected chi connectivity index (χ1v) is 9.69.